The van der Waals surface area contributed by atoms with E-state index in [1.54, 1.807) is 5.30 Å². The molecule has 0 heterocycles. The van der Waals surface area contributed by atoms with E-state index in [2.05, 4.69) is 50.6 Å². The Labute approximate surface area is 150 Å². The van der Waals surface area contributed by atoms with E-state index < -0.39 is 7.26 Å². The molecule has 128 valence electrons. The number of unbranched alkanes of at least 4 members (excludes halogenated alkanes) is 9. The predicted octanol–water partition coefficient (Wildman–Crippen LogP) is 7.09. The summed E-state index contributed by atoms with van der Waals surface area (Å²) in [5, 5.41) is 1.60. The highest BCUT2D eigenvalue weighted by Gasteiger charge is 2.26. The number of benzene rings is 1. The van der Waals surface area contributed by atoms with Gasteiger partial charge in [-0.1, -0.05) is 76.5 Å². The first-order valence-electron chi connectivity index (χ1n) is 9.05. The molecule has 1 aromatic rings. The molecule has 2 heteroatoms. The highest BCUT2D eigenvalue weighted by molar-refractivity contribution is 8.93. The summed E-state index contributed by atoms with van der Waals surface area (Å²) in [5.41, 5.74) is 0. The lowest BCUT2D eigenvalue weighted by Crippen LogP contribution is -2.11. The maximum Gasteiger partial charge on any atom is 0.0933 e. The lowest BCUT2D eigenvalue weighted by Gasteiger charge is -2.17. The van der Waals surface area contributed by atoms with Crippen molar-refractivity contribution in [3.8, 4) is 0 Å². The van der Waals surface area contributed by atoms with Crippen LogP contribution in [-0.2, 0) is 0 Å². The molecule has 0 aliphatic carbocycles. The fraction of sp³-hybridized carbons (Fsp3) is 0.700. The van der Waals surface area contributed by atoms with Gasteiger partial charge in [-0.05, 0) is 25.0 Å². The first kappa shape index (κ1) is 22.1. The third-order valence-electron chi connectivity index (χ3n) is 4.53. The summed E-state index contributed by atoms with van der Waals surface area (Å²) in [5.74, 6) is 0. The summed E-state index contributed by atoms with van der Waals surface area (Å²) in [6.45, 7) is 7.28. The fourth-order valence-electron chi connectivity index (χ4n) is 2.96. The second-order valence-corrected chi connectivity index (χ2v) is 11.3. The highest BCUT2D eigenvalue weighted by atomic mass is 79.9. The van der Waals surface area contributed by atoms with Gasteiger partial charge in [0, 0.05) is 7.26 Å². The quantitative estimate of drug-likeness (QED) is 0.265. The molecule has 0 aliphatic heterocycles. The van der Waals surface area contributed by atoms with Crippen molar-refractivity contribution in [3.63, 3.8) is 0 Å². The molecule has 0 aromatic heterocycles. The van der Waals surface area contributed by atoms with Gasteiger partial charge in [0.05, 0.1) is 24.8 Å². The van der Waals surface area contributed by atoms with E-state index in [0.717, 1.165) is 0 Å². The Morgan fingerprint density at radius 3 is 1.64 bits per heavy atom. The number of hydrogen-bond acceptors (Lipinski definition) is 0. The molecule has 1 rings (SSSR count). The molecule has 0 aliphatic rings. The van der Waals surface area contributed by atoms with E-state index in [4.69, 9.17) is 0 Å². The van der Waals surface area contributed by atoms with Gasteiger partial charge >= 0.3 is 0 Å². The molecule has 22 heavy (non-hydrogen) atoms. The van der Waals surface area contributed by atoms with Crippen LogP contribution < -0.4 is 5.30 Å². The average Bonchev–Trinajstić information content (AvgIpc) is 2.50. The van der Waals surface area contributed by atoms with Gasteiger partial charge in [0.15, 0.2) is 0 Å². The molecule has 0 nitrogen and oxygen atoms in total. The van der Waals surface area contributed by atoms with Crippen molar-refractivity contribution in [1.82, 2.24) is 0 Å². The topological polar surface area (TPSA) is 0 Å². The van der Waals surface area contributed by atoms with Gasteiger partial charge in [0.1, 0.15) is 0 Å². The van der Waals surface area contributed by atoms with Crippen LogP contribution in [0.2, 0.25) is 0 Å². The minimum absolute atomic E-state index is 0. The Morgan fingerprint density at radius 1 is 0.682 bits per heavy atom. The monoisotopic (exact) mass is 387 g/mol. The lowest BCUT2D eigenvalue weighted by molar-refractivity contribution is 0.563. The summed E-state index contributed by atoms with van der Waals surface area (Å²) < 4.78 is 0. The minimum Gasteiger partial charge on any atom is -0.114 e. The van der Waals surface area contributed by atoms with E-state index in [1.165, 1.54) is 70.4 Å². The zero-order valence-corrected chi connectivity index (χ0v) is 17.6. The van der Waals surface area contributed by atoms with Gasteiger partial charge in [0.25, 0.3) is 0 Å². The fourth-order valence-corrected chi connectivity index (χ4v) is 5.21. The summed E-state index contributed by atoms with van der Waals surface area (Å²) in [4.78, 5) is 0. The molecule has 0 amide bonds. The van der Waals surface area contributed by atoms with Gasteiger partial charge in [-0.15, -0.1) is 17.0 Å². The Morgan fingerprint density at radius 2 is 1.14 bits per heavy atom. The minimum atomic E-state index is -0.869. The second kappa shape index (κ2) is 13.6. The van der Waals surface area contributed by atoms with E-state index in [1.807, 2.05) is 0 Å². The molecule has 0 unspecified atom stereocenters. The van der Waals surface area contributed by atoms with Gasteiger partial charge in [-0.2, -0.15) is 0 Å². The highest BCUT2D eigenvalue weighted by Crippen LogP contribution is 2.50. The molecular formula is C20H37BrP+. The largest absolute Gasteiger partial charge is 0.114 e. The second-order valence-electron chi connectivity index (χ2n) is 6.93. The third-order valence-corrected chi connectivity index (χ3v) is 7.66. The van der Waals surface area contributed by atoms with Gasteiger partial charge in [-0.25, -0.2) is 0 Å². The van der Waals surface area contributed by atoms with Gasteiger partial charge < -0.3 is 0 Å². The van der Waals surface area contributed by atoms with Crippen molar-refractivity contribution in [2.45, 2.75) is 71.1 Å². The van der Waals surface area contributed by atoms with Crippen LogP contribution in [0, 0.1) is 0 Å². The van der Waals surface area contributed by atoms with Gasteiger partial charge in [0.2, 0.25) is 0 Å². The van der Waals surface area contributed by atoms with Crippen LogP contribution in [0.3, 0.4) is 0 Å². The van der Waals surface area contributed by atoms with Crippen LogP contribution in [0.1, 0.15) is 71.1 Å². The van der Waals surface area contributed by atoms with Crippen molar-refractivity contribution >= 4 is 29.5 Å². The van der Waals surface area contributed by atoms with E-state index in [9.17, 15) is 0 Å². The van der Waals surface area contributed by atoms with Crippen molar-refractivity contribution in [2.24, 2.45) is 0 Å². The summed E-state index contributed by atoms with van der Waals surface area (Å²) in [6.07, 6.45) is 15.8. The summed E-state index contributed by atoms with van der Waals surface area (Å²) in [6, 6.07) is 11.2. The van der Waals surface area contributed by atoms with Crippen LogP contribution in [0.4, 0.5) is 0 Å². The normalized spacial score (nSPS) is 11.2. The van der Waals surface area contributed by atoms with Crippen LogP contribution >= 0.6 is 24.2 Å². The zero-order chi connectivity index (χ0) is 15.4. The summed E-state index contributed by atoms with van der Waals surface area (Å²) >= 11 is 0. The molecule has 0 radical (unpaired) electrons. The molecule has 0 spiro atoms. The molecule has 0 saturated carbocycles. The molecule has 1 aromatic carbocycles. The molecule has 0 atom stereocenters. The Kier molecular flexibility index (Phi) is 13.6. The SMILES string of the molecule is Br.CCCCCCCCCCCC[P+](C)(C)c1ccccc1. The third kappa shape index (κ3) is 10.0. The predicted molar refractivity (Wildman–Crippen MR) is 112 cm³/mol. The van der Waals surface area contributed by atoms with E-state index >= 15 is 0 Å². The Hall–Kier alpha value is 0.130. The number of halogens is 1. The number of rotatable bonds is 12. The number of hydrogen-bond donors (Lipinski definition) is 0. The van der Waals surface area contributed by atoms with Crippen LogP contribution in [-0.4, -0.2) is 19.5 Å². The molecule has 0 saturated heterocycles. The van der Waals surface area contributed by atoms with Crippen LogP contribution in [0.15, 0.2) is 30.3 Å². The maximum atomic E-state index is 2.50. The summed E-state index contributed by atoms with van der Waals surface area (Å²) in [7, 11) is -0.869. The smallest absolute Gasteiger partial charge is 0.0933 e. The first-order valence-corrected chi connectivity index (χ1v) is 11.9. The van der Waals surface area contributed by atoms with Crippen molar-refractivity contribution < 1.29 is 0 Å². The molecule has 0 N–H and O–H groups in total. The van der Waals surface area contributed by atoms with Crippen LogP contribution in [0.25, 0.3) is 0 Å². The Balaban J connectivity index is 0.00000441. The van der Waals surface area contributed by atoms with Crippen LogP contribution in [0.5, 0.6) is 0 Å². The first-order chi connectivity index (χ1) is 10.2. The van der Waals surface area contributed by atoms with E-state index in [0.29, 0.717) is 0 Å². The Bertz CT molecular complexity index is 348. The van der Waals surface area contributed by atoms with Crippen molar-refractivity contribution in [2.75, 3.05) is 19.5 Å². The molecular weight excluding hydrogens is 351 g/mol. The molecule has 0 bridgehead atoms. The maximum absolute atomic E-state index is 2.50. The standard InChI is InChI=1S/C20H36P.BrH/c1-4-5-6-7-8-9-10-11-12-16-19-21(2,3)20-17-14-13-15-18-20;/h13-15,17-18H,4-12,16,19H2,1-3H3;1H/q+1;. The van der Waals surface area contributed by atoms with Crippen molar-refractivity contribution in [3.05, 3.63) is 30.3 Å². The van der Waals surface area contributed by atoms with Crippen molar-refractivity contribution in [1.29, 1.82) is 0 Å². The zero-order valence-electron chi connectivity index (χ0n) is 15.0. The van der Waals surface area contributed by atoms with E-state index in [-0.39, 0.29) is 17.0 Å². The lowest BCUT2D eigenvalue weighted by atomic mass is 10.1. The average molecular weight is 388 g/mol. The molecule has 0 fully saturated rings. The van der Waals surface area contributed by atoms with Gasteiger partial charge in [-0.3, -0.25) is 0 Å².